The third-order valence-electron chi connectivity index (χ3n) is 5.75. The van der Waals surface area contributed by atoms with Gasteiger partial charge >= 0.3 is 11.9 Å². The Bertz CT molecular complexity index is 914. The predicted octanol–water partition coefficient (Wildman–Crippen LogP) is 2.34. The Balaban J connectivity index is 0.000000552. The van der Waals surface area contributed by atoms with Crippen LogP contribution in [0.4, 0.5) is 11.4 Å². The normalized spacial score (nSPS) is 14.5. The summed E-state index contributed by atoms with van der Waals surface area (Å²) >= 11 is 0. The van der Waals surface area contributed by atoms with Crippen LogP contribution in [0.25, 0.3) is 12.2 Å². The summed E-state index contributed by atoms with van der Waals surface area (Å²) in [6.07, 6.45) is 6.80. The molecule has 0 aromatic heterocycles. The molecule has 0 bridgehead atoms. The van der Waals surface area contributed by atoms with Crippen molar-refractivity contribution in [3.63, 3.8) is 0 Å². The van der Waals surface area contributed by atoms with Crippen LogP contribution in [-0.4, -0.2) is 85.0 Å². The standard InChI is InChI=1S/C24H31N3O.C2H2O4.H2O/c1-3-9-23-21(7-1)11-12-22-8-2-4-10-24(22)27(23)16-6-14-25-13-5-15-26-17-19-28-20-18-26;3-1(4)2(5)6;/h1-4,7-12,25H,5-6,13-20H2;(H,3,4)(H,5,6);1H2. The summed E-state index contributed by atoms with van der Waals surface area (Å²) in [4.78, 5) is 23.2. The summed E-state index contributed by atoms with van der Waals surface area (Å²) in [5, 5.41) is 18.4. The number of fused-ring (bicyclic) bond motifs is 2. The highest BCUT2D eigenvalue weighted by molar-refractivity contribution is 6.27. The fourth-order valence-electron chi connectivity index (χ4n) is 4.04. The van der Waals surface area contributed by atoms with Crippen molar-refractivity contribution < 1.29 is 30.0 Å². The molecule has 0 unspecified atom stereocenters. The van der Waals surface area contributed by atoms with Gasteiger partial charge < -0.3 is 30.6 Å². The Morgan fingerprint density at radius 1 is 0.800 bits per heavy atom. The average molecular weight is 486 g/mol. The lowest BCUT2D eigenvalue weighted by Crippen LogP contribution is -2.37. The molecular formula is C26H35N3O6. The predicted molar refractivity (Wildman–Crippen MR) is 137 cm³/mol. The number of aliphatic carboxylic acids is 2. The van der Waals surface area contributed by atoms with E-state index in [1.807, 2.05) is 0 Å². The molecule has 0 radical (unpaired) electrons. The summed E-state index contributed by atoms with van der Waals surface area (Å²) in [6, 6.07) is 17.4. The van der Waals surface area contributed by atoms with E-state index in [4.69, 9.17) is 24.5 Å². The number of rotatable bonds is 8. The van der Waals surface area contributed by atoms with E-state index in [1.54, 1.807) is 0 Å². The topological polar surface area (TPSA) is 134 Å². The van der Waals surface area contributed by atoms with E-state index in [0.29, 0.717) is 0 Å². The molecular weight excluding hydrogens is 450 g/mol. The van der Waals surface area contributed by atoms with Crippen molar-refractivity contribution in [3.05, 3.63) is 59.7 Å². The maximum atomic E-state index is 9.10. The molecule has 2 aliphatic heterocycles. The molecule has 4 rings (SSSR count). The van der Waals surface area contributed by atoms with Crippen LogP contribution >= 0.6 is 0 Å². The summed E-state index contributed by atoms with van der Waals surface area (Å²) in [5.41, 5.74) is 5.18. The van der Waals surface area contributed by atoms with Crippen molar-refractivity contribution in [1.82, 2.24) is 10.2 Å². The average Bonchev–Trinajstić information content (AvgIpc) is 3.01. The summed E-state index contributed by atoms with van der Waals surface area (Å²) in [7, 11) is 0. The lowest BCUT2D eigenvalue weighted by atomic mass is 10.1. The van der Waals surface area contributed by atoms with Crippen molar-refractivity contribution >= 4 is 35.5 Å². The molecule has 0 atom stereocenters. The quantitative estimate of drug-likeness (QED) is 0.383. The van der Waals surface area contributed by atoms with Gasteiger partial charge in [-0.15, -0.1) is 0 Å². The van der Waals surface area contributed by atoms with Crippen molar-refractivity contribution in [2.45, 2.75) is 12.8 Å². The number of ether oxygens (including phenoxy) is 1. The van der Waals surface area contributed by atoms with E-state index < -0.39 is 11.9 Å². The molecule has 9 heteroatoms. The zero-order valence-electron chi connectivity index (χ0n) is 19.9. The minimum Gasteiger partial charge on any atom is -0.473 e. The molecule has 1 saturated heterocycles. The van der Waals surface area contributed by atoms with Gasteiger partial charge in [-0.25, -0.2) is 9.59 Å². The summed E-state index contributed by atoms with van der Waals surface area (Å²) in [5.74, 6) is -3.65. The van der Waals surface area contributed by atoms with Crippen LogP contribution in [0.2, 0.25) is 0 Å². The number of para-hydroxylation sites is 2. The van der Waals surface area contributed by atoms with Gasteiger partial charge in [0.2, 0.25) is 0 Å². The number of carbonyl (C=O) groups is 2. The van der Waals surface area contributed by atoms with Gasteiger partial charge in [-0.3, -0.25) is 4.90 Å². The number of benzene rings is 2. The minimum atomic E-state index is -1.82. The molecule has 0 amide bonds. The molecule has 0 spiro atoms. The number of nitrogens with one attached hydrogen (secondary N) is 1. The molecule has 35 heavy (non-hydrogen) atoms. The first-order valence-electron chi connectivity index (χ1n) is 11.7. The van der Waals surface area contributed by atoms with Gasteiger partial charge in [0.05, 0.1) is 13.2 Å². The molecule has 1 fully saturated rings. The van der Waals surface area contributed by atoms with Crippen molar-refractivity contribution in [2.75, 3.05) is 57.4 Å². The molecule has 9 nitrogen and oxygen atoms in total. The number of carboxylic acids is 2. The third-order valence-corrected chi connectivity index (χ3v) is 5.75. The number of anilines is 2. The maximum absolute atomic E-state index is 9.10. The lowest BCUT2D eigenvalue weighted by Gasteiger charge is -2.27. The zero-order valence-corrected chi connectivity index (χ0v) is 19.9. The van der Waals surface area contributed by atoms with Gasteiger partial charge in [-0.05, 0) is 55.7 Å². The summed E-state index contributed by atoms with van der Waals surface area (Å²) in [6.45, 7) is 8.29. The first kappa shape index (κ1) is 28.0. The van der Waals surface area contributed by atoms with Crippen LogP contribution in [0.3, 0.4) is 0 Å². The molecule has 0 saturated carbocycles. The van der Waals surface area contributed by atoms with Gasteiger partial charge in [-0.2, -0.15) is 0 Å². The van der Waals surface area contributed by atoms with Gasteiger partial charge in [0.25, 0.3) is 0 Å². The Labute approximate surface area is 205 Å². The second kappa shape index (κ2) is 14.9. The van der Waals surface area contributed by atoms with E-state index in [1.165, 1.54) is 35.5 Å². The minimum absolute atomic E-state index is 0. The van der Waals surface area contributed by atoms with E-state index in [9.17, 15) is 0 Å². The Kier molecular flexibility index (Phi) is 11.9. The van der Waals surface area contributed by atoms with Gasteiger partial charge in [-0.1, -0.05) is 48.6 Å². The number of hydrogen-bond donors (Lipinski definition) is 3. The van der Waals surface area contributed by atoms with Crippen LogP contribution in [0.5, 0.6) is 0 Å². The molecule has 0 aliphatic carbocycles. The largest absolute Gasteiger partial charge is 0.473 e. The number of hydrogen-bond acceptors (Lipinski definition) is 6. The fourth-order valence-corrected chi connectivity index (χ4v) is 4.04. The Morgan fingerprint density at radius 3 is 1.80 bits per heavy atom. The van der Waals surface area contributed by atoms with Crippen molar-refractivity contribution in [1.29, 1.82) is 0 Å². The van der Waals surface area contributed by atoms with Crippen LogP contribution in [0, 0.1) is 0 Å². The smallest absolute Gasteiger partial charge is 0.414 e. The molecule has 2 aliphatic rings. The maximum Gasteiger partial charge on any atom is 0.414 e. The number of nitrogens with zero attached hydrogens (tertiary/aromatic N) is 2. The monoisotopic (exact) mass is 485 g/mol. The van der Waals surface area contributed by atoms with Gasteiger partial charge in [0, 0.05) is 31.0 Å². The summed E-state index contributed by atoms with van der Waals surface area (Å²) < 4.78 is 5.41. The van der Waals surface area contributed by atoms with Crippen LogP contribution in [0.15, 0.2) is 48.5 Å². The van der Waals surface area contributed by atoms with Crippen molar-refractivity contribution in [2.24, 2.45) is 0 Å². The second-order valence-electron chi connectivity index (χ2n) is 8.12. The second-order valence-corrected chi connectivity index (χ2v) is 8.12. The molecule has 2 heterocycles. The first-order valence-corrected chi connectivity index (χ1v) is 11.7. The zero-order chi connectivity index (χ0) is 24.2. The highest BCUT2D eigenvalue weighted by atomic mass is 16.5. The molecule has 2 aromatic carbocycles. The van der Waals surface area contributed by atoms with Crippen molar-refractivity contribution in [3.8, 4) is 0 Å². The van der Waals surface area contributed by atoms with E-state index in [0.717, 1.165) is 52.4 Å². The Morgan fingerprint density at radius 2 is 1.29 bits per heavy atom. The van der Waals surface area contributed by atoms with Crippen LogP contribution in [-0.2, 0) is 14.3 Å². The molecule has 5 N–H and O–H groups in total. The van der Waals surface area contributed by atoms with Crippen LogP contribution in [0.1, 0.15) is 24.0 Å². The highest BCUT2D eigenvalue weighted by Crippen LogP contribution is 2.35. The first-order chi connectivity index (χ1) is 16.6. The lowest BCUT2D eigenvalue weighted by molar-refractivity contribution is -0.159. The number of carboxylic acid groups (broad SMARTS) is 2. The van der Waals surface area contributed by atoms with Gasteiger partial charge in [0.1, 0.15) is 0 Å². The van der Waals surface area contributed by atoms with Gasteiger partial charge in [0.15, 0.2) is 0 Å². The Hall–Kier alpha value is -3.24. The molecule has 190 valence electrons. The van der Waals surface area contributed by atoms with E-state index in [2.05, 4.69) is 75.8 Å². The highest BCUT2D eigenvalue weighted by Gasteiger charge is 2.16. The van der Waals surface area contributed by atoms with E-state index in [-0.39, 0.29) is 5.48 Å². The SMILES string of the molecule is C1=Cc2ccccc2N(CCCNCCCN2CCOCC2)c2ccccc21.O.O=C(O)C(=O)O. The fraction of sp³-hybridized carbons (Fsp3) is 0.385. The third kappa shape index (κ3) is 8.80. The van der Waals surface area contributed by atoms with Crippen LogP contribution < -0.4 is 10.2 Å². The number of morpholine rings is 1. The van der Waals surface area contributed by atoms with E-state index >= 15 is 0 Å². The molecule has 2 aromatic rings.